The molecule has 1 nitrogen and oxygen atoms in total. The molecule has 154 valence electrons. The lowest BCUT2D eigenvalue weighted by molar-refractivity contribution is 0.212. The van der Waals surface area contributed by atoms with Crippen LogP contribution in [-0.2, 0) is 0 Å². The summed E-state index contributed by atoms with van der Waals surface area (Å²) in [6.07, 6.45) is 16.4. The first-order chi connectivity index (χ1) is 13.2. The Hall–Kier alpha value is -1.08. The fourth-order valence-corrected chi connectivity index (χ4v) is 4.00. The topological polar surface area (TPSA) is 3.24 Å². The van der Waals surface area contributed by atoms with Gasteiger partial charge in [-0.05, 0) is 38.4 Å². The van der Waals surface area contributed by atoms with Crippen molar-refractivity contribution >= 4 is 0 Å². The predicted octanol–water partition coefficient (Wildman–Crippen LogP) is 8.33. The molecule has 1 aromatic rings. The first-order valence-electron chi connectivity index (χ1n) is 11.6. The third-order valence-corrected chi connectivity index (χ3v) is 5.55. The number of hydrogen-bond donors (Lipinski definition) is 0. The highest BCUT2D eigenvalue weighted by atomic mass is 15.2. The van der Waals surface area contributed by atoms with Crippen molar-refractivity contribution < 1.29 is 0 Å². The summed E-state index contributed by atoms with van der Waals surface area (Å²) >= 11 is 0. The monoisotopic (exact) mass is 371 g/mol. The maximum Gasteiger partial charge on any atom is 0.0555 e. The highest BCUT2D eigenvalue weighted by molar-refractivity contribution is 5.26. The van der Waals surface area contributed by atoms with E-state index in [1.165, 1.54) is 101 Å². The second kappa shape index (κ2) is 15.9. The van der Waals surface area contributed by atoms with Gasteiger partial charge in [-0.15, -0.1) is 0 Å². The first kappa shape index (κ1) is 24.0. The average molecular weight is 372 g/mol. The maximum atomic E-state index is 4.35. The molecular formula is C26H45N. The summed E-state index contributed by atoms with van der Waals surface area (Å²) in [5.41, 5.74) is 2.68. The van der Waals surface area contributed by atoms with Crippen LogP contribution in [0.3, 0.4) is 0 Å². The lowest BCUT2D eigenvalue weighted by Gasteiger charge is -2.33. The molecule has 0 aliphatic rings. The van der Waals surface area contributed by atoms with Crippen molar-refractivity contribution in [2.24, 2.45) is 0 Å². The lowest BCUT2D eigenvalue weighted by Crippen LogP contribution is -2.31. The average Bonchev–Trinajstić information content (AvgIpc) is 2.67. The molecule has 0 bridgehead atoms. The van der Waals surface area contributed by atoms with Crippen LogP contribution >= 0.6 is 0 Å². The fourth-order valence-electron chi connectivity index (χ4n) is 4.00. The summed E-state index contributed by atoms with van der Waals surface area (Å²) in [7, 11) is 0. The summed E-state index contributed by atoms with van der Waals surface area (Å²) in [6, 6.07) is 11.4. The largest absolute Gasteiger partial charge is 0.293 e. The molecule has 0 saturated carbocycles. The summed E-state index contributed by atoms with van der Waals surface area (Å²) in [5, 5.41) is 0. The minimum atomic E-state index is 0.373. The molecule has 0 spiro atoms. The van der Waals surface area contributed by atoms with Crippen molar-refractivity contribution in [2.45, 2.75) is 104 Å². The molecule has 0 N–H and O–H groups in total. The van der Waals surface area contributed by atoms with Crippen molar-refractivity contribution in [3.63, 3.8) is 0 Å². The SMILES string of the molecule is C=C(C)C(c1ccccc1)N(CCCCCCCC)CCCCCCCC. The number of benzene rings is 1. The van der Waals surface area contributed by atoms with Gasteiger partial charge in [0.05, 0.1) is 6.04 Å². The van der Waals surface area contributed by atoms with Crippen LogP contribution in [0.15, 0.2) is 42.5 Å². The van der Waals surface area contributed by atoms with Crippen LogP contribution in [0, 0.1) is 0 Å². The molecule has 0 aliphatic carbocycles. The maximum absolute atomic E-state index is 4.35. The van der Waals surface area contributed by atoms with E-state index < -0.39 is 0 Å². The minimum absolute atomic E-state index is 0.373. The van der Waals surface area contributed by atoms with E-state index in [0.29, 0.717) is 6.04 Å². The summed E-state index contributed by atoms with van der Waals surface area (Å²) in [4.78, 5) is 2.71. The van der Waals surface area contributed by atoms with Crippen molar-refractivity contribution in [2.75, 3.05) is 13.1 Å². The fraction of sp³-hybridized carbons (Fsp3) is 0.692. The minimum Gasteiger partial charge on any atom is -0.293 e. The van der Waals surface area contributed by atoms with E-state index in [4.69, 9.17) is 0 Å². The molecule has 0 radical (unpaired) electrons. The molecule has 0 heterocycles. The molecule has 0 saturated heterocycles. The summed E-state index contributed by atoms with van der Waals surface area (Å²) in [6.45, 7) is 13.5. The van der Waals surface area contributed by atoms with Crippen molar-refractivity contribution in [3.8, 4) is 0 Å². The van der Waals surface area contributed by atoms with Crippen LogP contribution in [0.2, 0.25) is 0 Å². The third kappa shape index (κ3) is 10.7. The number of rotatable bonds is 17. The molecule has 1 rings (SSSR count). The molecule has 1 heteroatoms. The Morgan fingerprint density at radius 3 is 1.63 bits per heavy atom. The van der Waals surface area contributed by atoms with Gasteiger partial charge in [-0.25, -0.2) is 0 Å². The molecule has 0 fully saturated rings. The molecular weight excluding hydrogens is 326 g/mol. The second-order valence-corrected chi connectivity index (χ2v) is 8.23. The van der Waals surface area contributed by atoms with Crippen molar-refractivity contribution in [3.05, 3.63) is 48.0 Å². The third-order valence-electron chi connectivity index (χ3n) is 5.55. The van der Waals surface area contributed by atoms with E-state index in [9.17, 15) is 0 Å². The van der Waals surface area contributed by atoms with E-state index in [-0.39, 0.29) is 0 Å². The quantitative estimate of drug-likeness (QED) is 0.196. The Morgan fingerprint density at radius 2 is 1.19 bits per heavy atom. The standard InChI is InChI=1S/C26H45N/c1-5-7-9-11-13-18-22-27(23-19-14-12-10-8-6-2)26(24(3)4)25-20-16-15-17-21-25/h15-17,20-21,26H,3,5-14,18-19,22-23H2,1-2,4H3. The highest BCUT2D eigenvalue weighted by Crippen LogP contribution is 2.28. The van der Waals surface area contributed by atoms with E-state index in [2.05, 4.69) is 62.6 Å². The van der Waals surface area contributed by atoms with Gasteiger partial charge in [-0.1, -0.05) is 121 Å². The highest BCUT2D eigenvalue weighted by Gasteiger charge is 2.20. The predicted molar refractivity (Wildman–Crippen MR) is 122 cm³/mol. The lowest BCUT2D eigenvalue weighted by atomic mass is 9.98. The van der Waals surface area contributed by atoms with E-state index in [1.807, 2.05) is 0 Å². The van der Waals surface area contributed by atoms with Crippen LogP contribution in [0.5, 0.6) is 0 Å². The van der Waals surface area contributed by atoms with Gasteiger partial charge in [0, 0.05) is 0 Å². The molecule has 27 heavy (non-hydrogen) atoms. The van der Waals surface area contributed by atoms with Gasteiger partial charge in [0.25, 0.3) is 0 Å². The van der Waals surface area contributed by atoms with E-state index in [1.54, 1.807) is 0 Å². The van der Waals surface area contributed by atoms with Gasteiger partial charge in [-0.3, -0.25) is 4.90 Å². The first-order valence-corrected chi connectivity index (χ1v) is 11.6. The molecule has 0 aromatic heterocycles. The van der Waals surface area contributed by atoms with Crippen LogP contribution in [-0.4, -0.2) is 18.0 Å². The van der Waals surface area contributed by atoms with Crippen LogP contribution in [0.4, 0.5) is 0 Å². The molecule has 0 amide bonds. The van der Waals surface area contributed by atoms with Gasteiger partial charge in [-0.2, -0.15) is 0 Å². The van der Waals surface area contributed by atoms with Gasteiger partial charge in [0.15, 0.2) is 0 Å². The number of nitrogens with zero attached hydrogens (tertiary/aromatic N) is 1. The van der Waals surface area contributed by atoms with Gasteiger partial charge < -0.3 is 0 Å². The van der Waals surface area contributed by atoms with Gasteiger partial charge >= 0.3 is 0 Å². The molecule has 1 aromatic carbocycles. The van der Waals surface area contributed by atoms with Gasteiger partial charge in [0.1, 0.15) is 0 Å². The van der Waals surface area contributed by atoms with Crippen molar-refractivity contribution in [1.29, 1.82) is 0 Å². The van der Waals surface area contributed by atoms with E-state index in [0.717, 1.165) is 0 Å². The zero-order chi connectivity index (χ0) is 19.7. The normalized spacial score (nSPS) is 12.4. The molecule has 1 unspecified atom stereocenters. The molecule has 0 aliphatic heterocycles. The van der Waals surface area contributed by atoms with Crippen LogP contribution in [0.25, 0.3) is 0 Å². The summed E-state index contributed by atoms with van der Waals surface area (Å²) in [5.74, 6) is 0. The Bertz CT molecular complexity index is 448. The van der Waals surface area contributed by atoms with E-state index >= 15 is 0 Å². The Morgan fingerprint density at radius 1 is 0.741 bits per heavy atom. The Balaban J connectivity index is 2.59. The van der Waals surface area contributed by atoms with Crippen LogP contribution < -0.4 is 0 Å². The van der Waals surface area contributed by atoms with Crippen molar-refractivity contribution in [1.82, 2.24) is 4.90 Å². The zero-order valence-corrected chi connectivity index (χ0v) is 18.5. The number of hydrogen-bond acceptors (Lipinski definition) is 1. The smallest absolute Gasteiger partial charge is 0.0555 e. The Kier molecular flexibility index (Phi) is 14.1. The number of unbranched alkanes of at least 4 members (excludes halogenated alkanes) is 10. The summed E-state index contributed by atoms with van der Waals surface area (Å²) < 4.78 is 0. The zero-order valence-electron chi connectivity index (χ0n) is 18.5. The molecule has 1 atom stereocenters. The second-order valence-electron chi connectivity index (χ2n) is 8.23. The van der Waals surface area contributed by atoms with Gasteiger partial charge in [0.2, 0.25) is 0 Å². The van der Waals surface area contributed by atoms with Crippen LogP contribution in [0.1, 0.15) is 109 Å². The Labute approximate surface area is 170 Å².